The molecule has 102 valence electrons. The molecular formula is C14H23NO2S. The van der Waals surface area contributed by atoms with Gasteiger partial charge in [-0.3, -0.25) is 0 Å². The summed E-state index contributed by atoms with van der Waals surface area (Å²) < 4.78 is 5.82. The van der Waals surface area contributed by atoms with Crippen LogP contribution in [0.1, 0.15) is 44.0 Å². The fraction of sp³-hybridized carbons (Fsp3) is 0.786. The van der Waals surface area contributed by atoms with E-state index in [1.165, 1.54) is 32.1 Å². The standard InChI is InChI=1S/C14H23NO2S/c1-2-17-14(11-6-4-3-5-7-11)12(16)10-13-15-8-9-18-13/h8-9,11-12,14,16H,2-7,10H2,1H3. The van der Waals surface area contributed by atoms with E-state index in [2.05, 4.69) is 4.98 Å². The van der Waals surface area contributed by atoms with Gasteiger partial charge in [0.2, 0.25) is 0 Å². The molecule has 2 atom stereocenters. The first-order chi connectivity index (χ1) is 8.81. The number of aliphatic hydroxyl groups excluding tert-OH is 1. The van der Waals surface area contributed by atoms with Crippen molar-refractivity contribution in [2.24, 2.45) is 5.92 Å². The van der Waals surface area contributed by atoms with Crippen LogP contribution < -0.4 is 0 Å². The van der Waals surface area contributed by atoms with E-state index in [9.17, 15) is 5.11 Å². The lowest BCUT2D eigenvalue weighted by Gasteiger charge is -2.33. The molecule has 1 aromatic heterocycles. The Kier molecular flexibility index (Phi) is 5.60. The van der Waals surface area contributed by atoms with Crippen molar-refractivity contribution in [2.45, 2.75) is 57.7 Å². The smallest absolute Gasteiger partial charge is 0.0951 e. The number of hydrogen-bond acceptors (Lipinski definition) is 4. The van der Waals surface area contributed by atoms with Crippen molar-refractivity contribution in [3.05, 3.63) is 16.6 Å². The van der Waals surface area contributed by atoms with E-state index in [0.717, 1.165) is 5.01 Å². The van der Waals surface area contributed by atoms with Gasteiger partial charge < -0.3 is 9.84 Å². The van der Waals surface area contributed by atoms with Crippen LogP contribution in [0.3, 0.4) is 0 Å². The number of thiazole rings is 1. The lowest BCUT2D eigenvalue weighted by Crippen LogP contribution is -2.38. The summed E-state index contributed by atoms with van der Waals surface area (Å²) in [7, 11) is 0. The maximum absolute atomic E-state index is 10.4. The molecule has 1 aliphatic rings. The number of ether oxygens (including phenoxy) is 1. The fourth-order valence-corrected chi connectivity index (χ4v) is 3.53. The molecule has 1 N–H and O–H groups in total. The molecule has 2 unspecified atom stereocenters. The zero-order chi connectivity index (χ0) is 12.8. The Labute approximate surface area is 113 Å². The zero-order valence-electron chi connectivity index (χ0n) is 11.0. The van der Waals surface area contributed by atoms with Gasteiger partial charge in [-0.25, -0.2) is 4.98 Å². The third-order valence-corrected chi connectivity index (χ3v) is 4.52. The Balaban J connectivity index is 1.94. The van der Waals surface area contributed by atoms with E-state index in [4.69, 9.17) is 4.74 Å². The first-order valence-electron chi connectivity index (χ1n) is 6.99. The van der Waals surface area contributed by atoms with Crippen molar-refractivity contribution in [3.63, 3.8) is 0 Å². The van der Waals surface area contributed by atoms with E-state index >= 15 is 0 Å². The third-order valence-electron chi connectivity index (χ3n) is 3.72. The second-order valence-corrected chi connectivity index (χ2v) is 5.99. The van der Waals surface area contributed by atoms with E-state index < -0.39 is 6.10 Å². The highest BCUT2D eigenvalue weighted by atomic mass is 32.1. The molecule has 1 fully saturated rings. The summed E-state index contributed by atoms with van der Waals surface area (Å²) in [5.74, 6) is 0.522. The predicted molar refractivity (Wildman–Crippen MR) is 73.8 cm³/mol. The molecule has 1 saturated carbocycles. The van der Waals surface area contributed by atoms with Crippen molar-refractivity contribution in [1.29, 1.82) is 0 Å². The van der Waals surface area contributed by atoms with Crippen molar-refractivity contribution < 1.29 is 9.84 Å². The Morgan fingerprint density at radius 3 is 2.83 bits per heavy atom. The van der Waals surface area contributed by atoms with Crippen LogP contribution in [0.5, 0.6) is 0 Å². The molecule has 0 radical (unpaired) electrons. The Bertz CT molecular complexity index is 323. The highest BCUT2D eigenvalue weighted by Crippen LogP contribution is 2.30. The number of rotatable bonds is 6. The first-order valence-corrected chi connectivity index (χ1v) is 7.87. The van der Waals surface area contributed by atoms with Crippen LogP contribution in [0.4, 0.5) is 0 Å². The lowest BCUT2D eigenvalue weighted by molar-refractivity contribution is -0.0715. The quantitative estimate of drug-likeness (QED) is 0.863. The summed E-state index contributed by atoms with van der Waals surface area (Å²) in [5, 5.41) is 13.4. The summed E-state index contributed by atoms with van der Waals surface area (Å²) in [6.07, 6.45) is 8.26. The van der Waals surface area contributed by atoms with Gasteiger partial charge in [-0.05, 0) is 25.7 Å². The molecule has 4 heteroatoms. The molecule has 0 aromatic carbocycles. The minimum Gasteiger partial charge on any atom is -0.390 e. The molecule has 0 bridgehead atoms. The number of aromatic nitrogens is 1. The number of nitrogens with zero attached hydrogens (tertiary/aromatic N) is 1. The molecule has 3 nitrogen and oxygen atoms in total. The summed E-state index contributed by atoms with van der Waals surface area (Å²) in [5.41, 5.74) is 0. The van der Waals surface area contributed by atoms with Crippen LogP contribution in [-0.2, 0) is 11.2 Å². The van der Waals surface area contributed by atoms with Gasteiger partial charge in [-0.1, -0.05) is 19.3 Å². The van der Waals surface area contributed by atoms with Crippen molar-refractivity contribution in [3.8, 4) is 0 Å². The van der Waals surface area contributed by atoms with Gasteiger partial charge in [-0.15, -0.1) is 11.3 Å². The van der Waals surface area contributed by atoms with E-state index in [-0.39, 0.29) is 6.10 Å². The van der Waals surface area contributed by atoms with Crippen LogP contribution in [0.15, 0.2) is 11.6 Å². The Morgan fingerprint density at radius 1 is 1.44 bits per heavy atom. The van der Waals surface area contributed by atoms with Gasteiger partial charge in [0, 0.05) is 24.6 Å². The Hall–Kier alpha value is -0.450. The monoisotopic (exact) mass is 269 g/mol. The average molecular weight is 269 g/mol. The minimum absolute atomic E-state index is 0.0146. The second kappa shape index (κ2) is 7.22. The van der Waals surface area contributed by atoms with Gasteiger partial charge in [0.1, 0.15) is 0 Å². The fourth-order valence-electron chi connectivity index (χ4n) is 2.87. The van der Waals surface area contributed by atoms with Crippen LogP contribution in [0.2, 0.25) is 0 Å². The summed E-state index contributed by atoms with van der Waals surface area (Å²) in [4.78, 5) is 4.25. The van der Waals surface area contributed by atoms with Gasteiger partial charge in [0.05, 0.1) is 17.2 Å². The van der Waals surface area contributed by atoms with Crippen molar-refractivity contribution >= 4 is 11.3 Å². The highest BCUT2D eigenvalue weighted by molar-refractivity contribution is 7.09. The molecule has 0 aliphatic heterocycles. The van der Waals surface area contributed by atoms with Crippen LogP contribution in [0.25, 0.3) is 0 Å². The molecule has 1 heterocycles. The second-order valence-electron chi connectivity index (χ2n) is 5.02. The van der Waals surface area contributed by atoms with Crippen molar-refractivity contribution in [1.82, 2.24) is 4.98 Å². The SMILES string of the molecule is CCOC(C(O)Cc1nccs1)C1CCCCC1. The molecule has 1 aromatic rings. The lowest BCUT2D eigenvalue weighted by atomic mass is 9.82. The maximum atomic E-state index is 10.4. The molecular weight excluding hydrogens is 246 g/mol. The normalized spacial score (nSPS) is 20.8. The van der Waals surface area contributed by atoms with Crippen LogP contribution in [0, 0.1) is 5.92 Å². The maximum Gasteiger partial charge on any atom is 0.0951 e. The molecule has 0 saturated heterocycles. The van der Waals surface area contributed by atoms with Crippen LogP contribution in [-0.4, -0.2) is 28.9 Å². The predicted octanol–water partition coefficient (Wildman–Crippen LogP) is 3.03. The van der Waals surface area contributed by atoms with Gasteiger partial charge in [-0.2, -0.15) is 0 Å². The summed E-state index contributed by atoms with van der Waals surface area (Å²) in [6, 6.07) is 0. The average Bonchev–Trinajstić information content (AvgIpc) is 2.89. The Morgan fingerprint density at radius 2 is 2.22 bits per heavy atom. The van der Waals surface area contributed by atoms with Crippen LogP contribution >= 0.6 is 11.3 Å². The molecule has 0 amide bonds. The van der Waals surface area contributed by atoms with Gasteiger partial charge in [0.15, 0.2) is 0 Å². The van der Waals surface area contributed by atoms with E-state index in [1.54, 1.807) is 17.5 Å². The molecule has 2 rings (SSSR count). The third kappa shape index (κ3) is 3.77. The summed E-state index contributed by atoms with van der Waals surface area (Å²) >= 11 is 1.61. The molecule has 1 aliphatic carbocycles. The molecule has 0 spiro atoms. The van der Waals surface area contributed by atoms with Gasteiger partial charge >= 0.3 is 0 Å². The van der Waals surface area contributed by atoms with Gasteiger partial charge in [0.25, 0.3) is 0 Å². The van der Waals surface area contributed by atoms with E-state index in [0.29, 0.717) is 18.9 Å². The number of hydrogen-bond donors (Lipinski definition) is 1. The minimum atomic E-state index is -0.417. The topological polar surface area (TPSA) is 42.4 Å². The molecule has 18 heavy (non-hydrogen) atoms. The zero-order valence-corrected chi connectivity index (χ0v) is 11.9. The largest absolute Gasteiger partial charge is 0.390 e. The number of aliphatic hydroxyl groups is 1. The summed E-state index contributed by atoms with van der Waals surface area (Å²) in [6.45, 7) is 2.68. The van der Waals surface area contributed by atoms with E-state index in [1.807, 2.05) is 12.3 Å². The first kappa shape index (κ1) is 14.0. The van der Waals surface area contributed by atoms with Crippen molar-refractivity contribution in [2.75, 3.05) is 6.61 Å². The highest BCUT2D eigenvalue weighted by Gasteiger charge is 2.30.